The molecule has 192 valence electrons. The normalized spacial score (nSPS) is 12.1. The fourth-order valence-corrected chi connectivity index (χ4v) is 6.12. The zero-order chi connectivity index (χ0) is 27.3. The van der Waals surface area contributed by atoms with Gasteiger partial charge in [0.25, 0.3) is 10.0 Å². The van der Waals surface area contributed by atoms with E-state index in [2.05, 4.69) is 6.58 Å². The number of fused-ring (bicyclic) bond motifs is 1. The number of ether oxygens (including phenoxy) is 1. The van der Waals surface area contributed by atoms with Gasteiger partial charge in [0.05, 0.1) is 38.7 Å². The van der Waals surface area contributed by atoms with E-state index in [0.29, 0.717) is 10.0 Å². The van der Waals surface area contributed by atoms with Gasteiger partial charge in [-0.15, -0.1) is 0 Å². The minimum atomic E-state index is -4.75. The Morgan fingerprint density at radius 1 is 1.03 bits per heavy atom. The average molecular weight is 568 g/mol. The van der Waals surface area contributed by atoms with Crippen molar-refractivity contribution < 1.29 is 31.1 Å². The topological polar surface area (TPSA) is 65.4 Å². The Morgan fingerprint density at radius 3 is 2.27 bits per heavy atom. The molecular formula is C26H18Cl2F3NO4S. The number of alkyl halides is 3. The third kappa shape index (κ3) is 4.63. The van der Waals surface area contributed by atoms with Crippen LogP contribution in [-0.2, 0) is 20.9 Å². The Kier molecular flexibility index (Phi) is 6.92. The molecule has 3 aromatic carbocycles. The maximum Gasteiger partial charge on any atom is 0.416 e. The largest absolute Gasteiger partial charge is 0.497 e. The summed E-state index contributed by atoms with van der Waals surface area (Å²) in [5.41, 5.74) is -1.70. The molecule has 0 atom stereocenters. The number of halogens is 5. The van der Waals surface area contributed by atoms with Gasteiger partial charge in [-0.3, -0.25) is 4.79 Å². The smallest absolute Gasteiger partial charge is 0.416 e. The molecule has 0 spiro atoms. The van der Waals surface area contributed by atoms with Crippen molar-refractivity contribution in [2.45, 2.75) is 18.0 Å². The highest BCUT2D eigenvalue weighted by Crippen LogP contribution is 2.38. The van der Waals surface area contributed by atoms with Crippen LogP contribution in [0.5, 0.6) is 0 Å². The lowest BCUT2D eigenvalue weighted by Crippen LogP contribution is -2.20. The number of carbonyl (C=O) groups is 1. The van der Waals surface area contributed by atoms with Crippen molar-refractivity contribution in [3.63, 3.8) is 0 Å². The number of hydrogen-bond acceptors (Lipinski definition) is 4. The number of rotatable bonds is 6. The second-order valence-electron chi connectivity index (χ2n) is 8.08. The molecule has 0 unspecified atom stereocenters. The maximum absolute atomic E-state index is 13.9. The van der Waals surface area contributed by atoms with E-state index in [0.717, 1.165) is 6.07 Å². The van der Waals surface area contributed by atoms with Gasteiger partial charge in [-0.2, -0.15) is 13.2 Å². The molecule has 11 heteroatoms. The van der Waals surface area contributed by atoms with Crippen LogP contribution >= 0.6 is 23.2 Å². The van der Waals surface area contributed by atoms with E-state index >= 15 is 0 Å². The first-order chi connectivity index (χ1) is 17.3. The molecule has 4 rings (SSSR count). The molecule has 0 aliphatic heterocycles. The number of hydrogen-bond donors (Lipinski definition) is 0. The van der Waals surface area contributed by atoms with Crippen LogP contribution in [0.3, 0.4) is 0 Å². The van der Waals surface area contributed by atoms with Crippen LogP contribution in [-0.4, -0.2) is 25.3 Å². The SMILES string of the molecule is C=C(OC)c1ccc(Cl)c(C(=O)c2cc3c(C)cc(C(F)(F)F)cc3n2S(=O)(=O)c2ccccc2)c1Cl. The predicted octanol–water partition coefficient (Wildman–Crippen LogP) is 7.36. The van der Waals surface area contributed by atoms with Crippen molar-refractivity contribution in [2.24, 2.45) is 0 Å². The van der Waals surface area contributed by atoms with Gasteiger partial charge >= 0.3 is 6.18 Å². The third-order valence-corrected chi connectivity index (χ3v) is 8.24. The number of benzene rings is 3. The Bertz CT molecular complexity index is 1680. The second-order valence-corrected chi connectivity index (χ2v) is 10.6. The van der Waals surface area contributed by atoms with E-state index in [1.54, 1.807) is 6.07 Å². The summed E-state index contributed by atoms with van der Waals surface area (Å²) < 4.78 is 74.2. The summed E-state index contributed by atoms with van der Waals surface area (Å²) in [5.74, 6) is -0.789. The van der Waals surface area contributed by atoms with Crippen molar-refractivity contribution in [1.82, 2.24) is 3.97 Å². The first-order valence-electron chi connectivity index (χ1n) is 10.6. The van der Waals surface area contributed by atoms with Crippen LogP contribution in [0.1, 0.15) is 32.7 Å². The number of methoxy groups -OCH3 is 1. The molecule has 0 aliphatic carbocycles. The van der Waals surface area contributed by atoms with E-state index in [1.165, 1.54) is 56.5 Å². The van der Waals surface area contributed by atoms with Crippen LogP contribution < -0.4 is 0 Å². The summed E-state index contributed by atoms with van der Waals surface area (Å²) >= 11 is 12.8. The maximum atomic E-state index is 13.9. The molecule has 1 heterocycles. The number of carbonyl (C=O) groups excluding carboxylic acids is 1. The van der Waals surface area contributed by atoms with Crippen molar-refractivity contribution >= 4 is 55.7 Å². The van der Waals surface area contributed by atoms with E-state index in [1.807, 2.05) is 0 Å². The van der Waals surface area contributed by atoms with Gasteiger partial charge < -0.3 is 4.74 Å². The van der Waals surface area contributed by atoms with Gasteiger partial charge in [0.15, 0.2) is 0 Å². The molecule has 0 radical (unpaired) electrons. The fourth-order valence-electron chi connectivity index (χ4n) is 3.95. The molecular weight excluding hydrogens is 550 g/mol. The minimum Gasteiger partial charge on any atom is -0.497 e. The predicted molar refractivity (Wildman–Crippen MR) is 137 cm³/mol. The lowest BCUT2D eigenvalue weighted by atomic mass is 10.0. The Balaban J connectivity index is 2.11. The summed E-state index contributed by atoms with van der Waals surface area (Å²) in [6.45, 7) is 5.11. The molecule has 0 saturated carbocycles. The van der Waals surface area contributed by atoms with Gasteiger partial charge in [0.2, 0.25) is 5.78 Å². The lowest BCUT2D eigenvalue weighted by molar-refractivity contribution is -0.137. The van der Waals surface area contributed by atoms with Gasteiger partial charge in [-0.05, 0) is 55.0 Å². The molecule has 0 fully saturated rings. The van der Waals surface area contributed by atoms with E-state index in [9.17, 15) is 26.4 Å². The Morgan fingerprint density at radius 2 is 1.68 bits per heavy atom. The molecule has 1 aromatic heterocycles. The van der Waals surface area contributed by atoms with Crippen molar-refractivity contribution in [1.29, 1.82) is 0 Å². The molecule has 0 saturated heterocycles. The first-order valence-corrected chi connectivity index (χ1v) is 12.8. The lowest BCUT2D eigenvalue weighted by Gasteiger charge is -2.15. The Labute approximate surface area is 220 Å². The fraction of sp³-hybridized carbons (Fsp3) is 0.115. The second kappa shape index (κ2) is 9.55. The van der Waals surface area contributed by atoms with Gasteiger partial charge in [-0.25, -0.2) is 12.4 Å². The summed E-state index contributed by atoms with van der Waals surface area (Å²) in [6.07, 6.45) is -4.75. The minimum absolute atomic E-state index is 0.0933. The van der Waals surface area contributed by atoms with Gasteiger partial charge in [0, 0.05) is 10.9 Å². The highest BCUT2D eigenvalue weighted by molar-refractivity contribution is 7.90. The summed E-state index contributed by atoms with van der Waals surface area (Å²) in [5, 5.41) is -0.101. The highest BCUT2D eigenvalue weighted by atomic mass is 35.5. The van der Waals surface area contributed by atoms with Crippen molar-refractivity contribution in [2.75, 3.05) is 7.11 Å². The standard InChI is InChI=1S/C26H18Cl2F3NO4S/c1-14-11-16(26(29,30)31)12-21-19(14)13-22(32(21)37(34,35)17-7-5-4-6-8-17)25(33)23-20(27)10-9-18(24(23)28)15(2)36-3/h4-13H,2H2,1,3H3. The van der Waals surface area contributed by atoms with Crippen LogP contribution in [0.25, 0.3) is 16.7 Å². The van der Waals surface area contributed by atoms with Crippen LogP contribution in [0.4, 0.5) is 13.2 Å². The van der Waals surface area contributed by atoms with Gasteiger partial charge in [0.1, 0.15) is 11.5 Å². The van der Waals surface area contributed by atoms with Crippen LogP contribution in [0, 0.1) is 6.92 Å². The summed E-state index contributed by atoms with van der Waals surface area (Å²) in [6, 6.07) is 12.7. The molecule has 0 aliphatic rings. The summed E-state index contributed by atoms with van der Waals surface area (Å²) in [4.78, 5) is 13.6. The molecule has 4 aromatic rings. The summed E-state index contributed by atoms with van der Waals surface area (Å²) in [7, 11) is -3.19. The first kappa shape index (κ1) is 26.8. The molecule has 0 bridgehead atoms. The number of aryl methyl sites for hydroxylation is 1. The monoisotopic (exact) mass is 567 g/mol. The Hall–Kier alpha value is -3.27. The zero-order valence-electron chi connectivity index (χ0n) is 19.4. The van der Waals surface area contributed by atoms with Crippen molar-refractivity contribution in [3.05, 3.63) is 105 Å². The van der Waals surface area contributed by atoms with Gasteiger partial charge in [-0.1, -0.05) is 48.0 Å². The van der Waals surface area contributed by atoms with E-state index in [4.69, 9.17) is 27.9 Å². The molecule has 5 nitrogen and oxygen atoms in total. The number of aromatic nitrogens is 1. The number of ketones is 1. The molecule has 37 heavy (non-hydrogen) atoms. The van der Waals surface area contributed by atoms with Crippen LogP contribution in [0.2, 0.25) is 10.0 Å². The highest BCUT2D eigenvalue weighted by Gasteiger charge is 2.35. The number of nitrogens with zero attached hydrogens (tertiary/aromatic N) is 1. The van der Waals surface area contributed by atoms with E-state index in [-0.39, 0.29) is 48.3 Å². The van der Waals surface area contributed by atoms with Crippen LogP contribution in [0.15, 0.2) is 72.1 Å². The van der Waals surface area contributed by atoms with Crippen molar-refractivity contribution in [3.8, 4) is 0 Å². The molecule has 0 amide bonds. The average Bonchev–Trinajstić information content (AvgIpc) is 3.25. The molecule has 0 N–H and O–H groups in total. The zero-order valence-corrected chi connectivity index (χ0v) is 21.7. The quantitative estimate of drug-likeness (QED) is 0.180. The van der Waals surface area contributed by atoms with E-state index < -0.39 is 33.2 Å². The third-order valence-electron chi connectivity index (χ3n) is 5.79.